The third kappa shape index (κ3) is 4.08. The van der Waals surface area contributed by atoms with E-state index in [9.17, 15) is 5.11 Å². The topological polar surface area (TPSA) is 20.2 Å². The van der Waals surface area contributed by atoms with Gasteiger partial charge in [-0.25, -0.2) is 0 Å². The maximum atomic E-state index is 10.8. The fourth-order valence-corrected chi connectivity index (χ4v) is 10.0. The van der Waals surface area contributed by atoms with Crippen LogP contribution in [0.1, 0.15) is 112 Å². The lowest BCUT2D eigenvalue weighted by molar-refractivity contribution is -0.152. The molecule has 4 fully saturated rings. The van der Waals surface area contributed by atoms with E-state index in [1.807, 2.05) is 0 Å². The standard InChI is InChI=1S/C30H52O/c1-7-9-23-26-13-12-22-25-15-14-24(21(4)11-8-10-20(2)3)29(25,5)18-16-27(22)30(26,6)19-17-28(23)31/h7,20-28,31H,1,8-19H2,2-6H3/t21-,22+,23?,24-,25+,26+,27+,28-,29-,30+/m1/s1. The van der Waals surface area contributed by atoms with Gasteiger partial charge in [-0.05, 0) is 116 Å². The lowest BCUT2D eigenvalue weighted by Crippen LogP contribution is -2.56. The zero-order valence-corrected chi connectivity index (χ0v) is 21.4. The van der Waals surface area contributed by atoms with Crippen molar-refractivity contribution in [1.29, 1.82) is 0 Å². The first-order valence-electron chi connectivity index (χ1n) is 14.0. The van der Waals surface area contributed by atoms with Crippen molar-refractivity contribution in [2.24, 2.45) is 58.2 Å². The van der Waals surface area contributed by atoms with Crippen LogP contribution in [0.2, 0.25) is 0 Å². The van der Waals surface area contributed by atoms with Crippen molar-refractivity contribution in [2.75, 3.05) is 0 Å². The van der Waals surface area contributed by atoms with Crippen LogP contribution in [0.25, 0.3) is 0 Å². The summed E-state index contributed by atoms with van der Waals surface area (Å²) in [6, 6.07) is 0. The van der Waals surface area contributed by atoms with Crippen molar-refractivity contribution in [3.8, 4) is 0 Å². The predicted molar refractivity (Wildman–Crippen MR) is 133 cm³/mol. The van der Waals surface area contributed by atoms with Crippen molar-refractivity contribution in [3.63, 3.8) is 0 Å². The molecule has 0 spiro atoms. The molecule has 4 saturated carbocycles. The van der Waals surface area contributed by atoms with Crippen molar-refractivity contribution in [1.82, 2.24) is 0 Å². The van der Waals surface area contributed by atoms with E-state index in [1.54, 1.807) is 0 Å². The summed E-state index contributed by atoms with van der Waals surface area (Å²) >= 11 is 0. The van der Waals surface area contributed by atoms with Crippen LogP contribution >= 0.6 is 0 Å². The molecule has 0 aliphatic heterocycles. The van der Waals surface area contributed by atoms with Crippen molar-refractivity contribution >= 4 is 0 Å². The second-order valence-electron chi connectivity index (χ2n) is 13.4. The van der Waals surface area contributed by atoms with E-state index < -0.39 is 0 Å². The highest BCUT2D eigenvalue weighted by atomic mass is 16.3. The number of aliphatic hydroxyl groups is 1. The van der Waals surface area contributed by atoms with E-state index >= 15 is 0 Å². The molecule has 31 heavy (non-hydrogen) atoms. The molecule has 0 radical (unpaired) electrons. The molecule has 178 valence electrons. The predicted octanol–water partition coefficient (Wildman–Crippen LogP) is 8.27. The molecule has 4 rings (SSSR count). The number of rotatable bonds is 7. The number of hydrogen-bond donors (Lipinski definition) is 1. The molecular weight excluding hydrogens is 376 g/mol. The van der Waals surface area contributed by atoms with Gasteiger partial charge >= 0.3 is 0 Å². The summed E-state index contributed by atoms with van der Waals surface area (Å²) in [6.45, 7) is 16.7. The summed E-state index contributed by atoms with van der Waals surface area (Å²) in [5.74, 6) is 6.70. The number of aliphatic hydroxyl groups excluding tert-OH is 1. The van der Waals surface area contributed by atoms with Crippen LogP contribution in [-0.4, -0.2) is 11.2 Å². The molecule has 0 amide bonds. The summed E-state index contributed by atoms with van der Waals surface area (Å²) in [5.41, 5.74) is 1.05. The molecule has 0 bridgehead atoms. The molecule has 1 heteroatoms. The lowest BCUT2D eigenvalue weighted by Gasteiger charge is -2.62. The molecular formula is C30H52O. The van der Waals surface area contributed by atoms with Crippen molar-refractivity contribution in [3.05, 3.63) is 12.7 Å². The monoisotopic (exact) mass is 428 g/mol. The van der Waals surface area contributed by atoms with Gasteiger partial charge in [-0.2, -0.15) is 0 Å². The van der Waals surface area contributed by atoms with Gasteiger partial charge in [0.25, 0.3) is 0 Å². The minimum Gasteiger partial charge on any atom is -0.393 e. The number of allylic oxidation sites excluding steroid dienone is 1. The summed E-state index contributed by atoms with van der Waals surface area (Å²) < 4.78 is 0. The zero-order chi connectivity index (χ0) is 22.4. The smallest absolute Gasteiger partial charge is 0.0574 e. The van der Waals surface area contributed by atoms with Crippen LogP contribution in [0.3, 0.4) is 0 Å². The average Bonchev–Trinajstić information content (AvgIpc) is 3.07. The molecule has 0 aromatic rings. The van der Waals surface area contributed by atoms with E-state index in [0.29, 0.717) is 22.7 Å². The summed E-state index contributed by atoms with van der Waals surface area (Å²) in [7, 11) is 0. The fraction of sp³-hybridized carbons (Fsp3) is 0.933. The highest BCUT2D eigenvalue weighted by molar-refractivity contribution is 5.11. The van der Waals surface area contributed by atoms with E-state index in [-0.39, 0.29) is 6.10 Å². The lowest BCUT2D eigenvalue weighted by atomic mass is 9.43. The van der Waals surface area contributed by atoms with Crippen LogP contribution in [0.5, 0.6) is 0 Å². The quantitative estimate of drug-likeness (QED) is 0.404. The van der Waals surface area contributed by atoms with Crippen LogP contribution < -0.4 is 0 Å². The Morgan fingerprint density at radius 3 is 2.26 bits per heavy atom. The van der Waals surface area contributed by atoms with E-state index in [4.69, 9.17) is 0 Å². The first-order chi connectivity index (χ1) is 14.7. The normalized spacial score (nSPS) is 48.0. The van der Waals surface area contributed by atoms with E-state index in [1.165, 1.54) is 64.2 Å². The summed E-state index contributed by atoms with van der Waals surface area (Å²) in [5, 5.41) is 10.8. The van der Waals surface area contributed by atoms with Crippen molar-refractivity contribution < 1.29 is 5.11 Å². The van der Waals surface area contributed by atoms with Gasteiger partial charge in [0.15, 0.2) is 0 Å². The fourth-order valence-electron chi connectivity index (χ4n) is 10.0. The van der Waals surface area contributed by atoms with Gasteiger partial charge in [-0.3, -0.25) is 0 Å². The molecule has 4 aliphatic carbocycles. The highest BCUT2D eigenvalue weighted by Gasteiger charge is 2.61. The Hall–Kier alpha value is -0.300. The van der Waals surface area contributed by atoms with Crippen LogP contribution in [0, 0.1) is 58.2 Å². The zero-order valence-electron chi connectivity index (χ0n) is 21.4. The number of hydrogen-bond acceptors (Lipinski definition) is 1. The largest absolute Gasteiger partial charge is 0.393 e. The SMILES string of the molecule is C=CCC1[C@H](O)CC[C@@]2(C)[C@H]1CC[C@@H]1[C@@H]2CC[C@]2(C)[C@@H]([C@H](C)CCCC(C)C)CC[C@@H]12. The van der Waals surface area contributed by atoms with Gasteiger partial charge in [0.2, 0.25) is 0 Å². The van der Waals surface area contributed by atoms with Crippen LogP contribution in [-0.2, 0) is 0 Å². The molecule has 1 N–H and O–H groups in total. The van der Waals surface area contributed by atoms with Gasteiger partial charge in [-0.15, -0.1) is 6.58 Å². The van der Waals surface area contributed by atoms with Gasteiger partial charge in [-0.1, -0.05) is 60.0 Å². The minimum absolute atomic E-state index is 0.0935. The Labute approximate surface area is 193 Å². The average molecular weight is 429 g/mol. The Kier molecular flexibility index (Phi) is 7.04. The van der Waals surface area contributed by atoms with Crippen LogP contribution in [0.15, 0.2) is 12.7 Å². The van der Waals surface area contributed by atoms with Crippen molar-refractivity contribution in [2.45, 2.75) is 118 Å². The molecule has 0 aromatic heterocycles. The van der Waals surface area contributed by atoms with E-state index in [0.717, 1.165) is 48.3 Å². The number of fused-ring (bicyclic) bond motifs is 5. The third-order valence-corrected chi connectivity index (χ3v) is 11.6. The van der Waals surface area contributed by atoms with Gasteiger partial charge in [0.1, 0.15) is 0 Å². The Balaban J connectivity index is 1.49. The summed E-state index contributed by atoms with van der Waals surface area (Å²) in [6.07, 6.45) is 18.2. The molecule has 4 aliphatic rings. The highest BCUT2D eigenvalue weighted by Crippen LogP contribution is 2.69. The third-order valence-electron chi connectivity index (χ3n) is 11.6. The first-order valence-corrected chi connectivity index (χ1v) is 14.0. The van der Waals surface area contributed by atoms with E-state index in [2.05, 4.69) is 47.3 Å². The molecule has 0 aromatic carbocycles. The van der Waals surface area contributed by atoms with Gasteiger partial charge < -0.3 is 5.11 Å². The Morgan fingerprint density at radius 2 is 1.55 bits per heavy atom. The van der Waals surface area contributed by atoms with Gasteiger partial charge in [0.05, 0.1) is 6.10 Å². The Bertz CT molecular complexity index is 624. The summed E-state index contributed by atoms with van der Waals surface area (Å²) in [4.78, 5) is 0. The molecule has 0 saturated heterocycles. The van der Waals surface area contributed by atoms with Gasteiger partial charge in [0, 0.05) is 0 Å². The maximum Gasteiger partial charge on any atom is 0.0574 e. The van der Waals surface area contributed by atoms with Crippen LogP contribution in [0.4, 0.5) is 0 Å². The second-order valence-corrected chi connectivity index (χ2v) is 13.4. The second kappa shape index (κ2) is 9.15. The maximum absolute atomic E-state index is 10.8. The minimum atomic E-state index is -0.0935. The molecule has 1 nitrogen and oxygen atoms in total. The molecule has 0 heterocycles. The first kappa shape index (κ1) is 23.8. The molecule has 10 atom stereocenters. The Morgan fingerprint density at radius 1 is 0.871 bits per heavy atom. The molecule has 1 unspecified atom stereocenters.